The van der Waals surface area contributed by atoms with Gasteiger partial charge in [-0.05, 0) is 73.8 Å². The highest BCUT2D eigenvalue weighted by Crippen LogP contribution is 2.62. The van der Waals surface area contributed by atoms with Crippen molar-refractivity contribution >= 4 is 0 Å². The topological polar surface area (TPSA) is 62.5 Å². The van der Waals surface area contributed by atoms with Gasteiger partial charge in [-0.2, -0.15) is 5.26 Å². The molecule has 0 atom stereocenters. The van der Waals surface area contributed by atoms with Crippen LogP contribution in [0.4, 0.5) is 0 Å². The second-order valence-corrected chi connectivity index (χ2v) is 14.7. The number of hydrogen-bond acceptors (Lipinski definition) is 4. The van der Waals surface area contributed by atoms with Gasteiger partial charge in [-0.3, -0.25) is 0 Å². The fourth-order valence-electron chi connectivity index (χ4n) is 8.94. The average molecular weight is 691 g/mol. The molecule has 2 aliphatic rings. The van der Waals surface area contributed by atoms with Gasteiger partial charge in [0.1, 0.15) is 0 Å². The summed E-state index contributed by atoms with van der Waals surface area (Å²) in [6.07, 6.45) is 0. The fourth-order valence-corrected chi connectivity index (χ4v) is 8.94. The van der Waals surface area contributed by atoms with Gasteiger partial charge in [0, 0.05) is 22.1 Å². The van der Waals surface area contributed by atoms with Crippen molar-refractivity contribution in [1.82, 2.24) is 15.0 Å². The quantitative estimate of drug-likeness (QED) is 0.184. The summed E-state index contributed by atoms with van der Waals surface area (Å²) >= 11 is 0. The van der Waals surface area contributed by atoms with E-state index in [0.717, 1.165) is 27.8 Å². The first-order valence-electron chi connectivity index (χ1n) is 18.3. The lowest BCUT2D eigenvalue weighted by atomic mass is 9.55. The van der Waals surface area contributed by atoms with Crippen LogP contribution in [0.5, 0.6) is 0 Å². The van der Waals surface area contributed by atoms with Gasteiger partial charge in [0.25, 0.3) is 0 Å². The molecule has 0 unspecified atom stereocenters. The zero-order valence-electron chi connectivity index (χ0n) is 30.0. The molecule has 4 nitrogen and oxygen atoms in total. The number of aromatic nitrogens is 3. The Morgan fingerprint density at radius 3 is 1.50 bits per heavy atom. The Morgan fingerprint density at radius 2 is 0.852 bits per heavy atom. The Labute approximate surface area is 315 Å². The lowest BCUT2D eigenvalue weighted by Crippen LogP contribution is -2.40. The van der Waals surface area contributed by atoms with Crippen LogP contribution in [0.25, 0.3) is 56.4 Å². The van der Waals surface area contributed by atoms with Crippen molar-refractivity contribution < 1.29 is 0 Å². The van der Waals surface area contributed by atoms with E-state index in [0.29, 0.717) is 23.0 Å². The molecule has 10 rings (SSSR count). The van der Waals surface area contributed by atoms with Crippen molar-refractivity contribution in [2.45, 2.75) is 24.7 Å². The van der Waals surface area contributed by atoms with Crippen LogP contribution < -0.4 is 0 Å². The first-order chi connectivity index (χ1) is 26.5. The average Bonchev–Trinajstić information content (AvgIpc) is 3.53. The summed E-state index contributed by atoms with van der Waals surface area (Å²) < 4.78 is 0. The SMILES string of the molecule is CC1(C)c2ccccc2C2(c3ccccc3-c3cc(-c4nc(-c5ccc(-c6ccccc6)cc5)nc(-c5cccc(C#N)c5)n4)ccc32)c2ccccc21. The number of benzene rings is 7. The third-order valence-corrected chi connectivity index (χ3v) is 11.4. The molecule has 4 heteroatoms. The van der Waals surface area contributed by atoms with E-state index in [4.69, 9.17) is 15.0 Å². The van der Waals surface area contributed by atoms with Crippen LogP contribution in [-0.4, -0.2) is 15.0 Å². The molecule has 0 fully saturated rings. The van der Waals surface area contributed by atoms with E-state index in [1.165, 1.54) is 44.5 Å². The number of rotatable bonds is 4. The number of fused-ring (bicyclic) bond motifs is 9. The maximum atomic E-state index is 9.72. The van der Waals surface area contributed by atoms with Gasteiger partial charge in [0.2, 0.25) is 0 Å². The van der Waals surface area contributed by atoms with Crippen molar-refractivity contribution in [2.75, 3.05) is 0 Å². The molecular weight excluding hydrogens is 657 g/mol. The molecule has 0 aliphatic heterocycles. The van der Waals surface area contributed by atoms with Gasteiger partial charge >= 0.3 is 0 Å². The largest absolute Gasteiger partial charge is 0.208 e. The summed E-state index contributed by atoms with van der Waals surface area (Å²) in [6, 6.07) is 62.0. The molecule has 0 bridgehead atoms. The van der Waals surface area contributed by atoms with Crippen LogP contribution in [0.3, 0.4) is 0 Å². The monoisotopic (exact) mass is 690 g/mol. The summed E-state index contributed by atoms with van der Waals surface area (Å²) in [5, 5.41) is 9.72. The molecule has 0 amide bonds. The van der Waals surface area contributed by atoms with Gasteiger partial charge in [-0.1, -0.05) is 166 Å². The lowest BCUT2D eigenvalue weighted by molar-refractivity contribution is 0.563. The van der Waals surface area contributed by atoms with E-state index >= 15 is 0 Å². The van der Waals surface area contributed by atoms with E-state index in [9.17, 15) is 5.26 Å². The minimum atomic E-state index is -0.471. The van der Waals surface area contributed by atoms with E-state index < -0.39 is 5.41 Å². The third-order valence-electron chi connectivity index (χ3n) is 11.4. The molecule has 7 aromatic carbocycles. The van der Waals surface area contributed by atoms with Crippen molar-refractivity contribution in [3.05, 3.63) is 209 Å². The van der Waals surface area contributed by atoms with Crippen LogP contribution in [0.1, 0.15) is 52.8 Å². The highest BCUT2D eigenvalue weighted by molar-refractivity contribution is 5.90. The normalized spacial score (nSPS) is 14.0. The fraction of sp³-hybridized carbons (Fsp3) is 0.0800. The number of nitrogens with zero attached hydrogens (tertiary/aromatic N) is 4. The summed E-state index contributed by atoms with van der Waals surface area (Å²) in [5.41, 5.74) is 15.0. The zero-order chi connectivity index (χ0) is 36.4. The summed E-state index contributed by atoms with van der Waals surface area (Å²) in [5.74, 6) is 1.68. The Bertz CT molecular complexity index is 2760. The first kappa shape index (κ1) is 31.7. The molecular formula is C50H34N4. The highest BCUT2D eigenvalue weighted by atomic mass is 15.0. The number of hydrogen-bond donors (Lipinski definition) is 0. The molecule has 0 saturated heterocycles. The van der Waals surface area contributed by atoms with Crippen LogP contribution in [-0.2, 0) is 10.8 Å². The first-order valence-corrected chi connectivity index (χ1v) is 18.3. The van der Waals surface area contributed by atoms with Crippen molar-refractivity contribution in [3.8, 4) is 62.5 Å². The maximum Gasteiger partial charge on any atom is 0.164 e. The Morgan fingerprint density at radius 1 is 0.389 bits per heavy atom. The maximum absolute atomic E-state index is 9.72. The molecule has 54 heavy (non-hydrogen) atoms. The van der Waals surface area contributed by atoms with E-state index in [1.54, 1.807) is 6.07 Å². The third kappa shape index (κ3) is 4.65. The molecule has 1 spiro atoms. The van der Waals surface area contributed by atoms with E-state index in [2.05, 4.69) is 147 Å². The molecule has 1 aromatic heterocycles. The van der Waals surface area contributed by atoms with Gasteiger partial charge in [-0.25, -0.2) is 15.0 Å². The Balaban J connectivity index is 1.18. The van der Waals surface area contributed by atoms with Crippen molar-refractivity contribution in [3.63, 3.8) is 0 Å². The highest BCUT2D eigenvalue weighted by Gasteiger charge is 2.53. The van der Waals surface area contributed by atoms with Crippen LogP contribution in [0, 0.1) is 11.3 Å². The second-order valence-electron chi connectivity index (χ2n) is 14.7. The summed E-state index contributed by atoms with van der Waals surface area (Å²) in [6.45, 7) is 4.69. The summed E-state index contributed by atoms with van der Waals surface area (Å²) in [4.78, 5) is 15.2. The molecule has 0 N–H and O–H groups in total. The number of nitriles is 1. The van der Waals surface area contributed by atoms with Crippen LogP contribution in [0.15, 0.2) is 170 Å². The zero-order valence-corrected chi connectivity index (χ0v) is 30.0. The molecule has 254 valence electrons. The van der Waals surface area contributed by atoms with Gasteiger partial charge in [0.15, 0.2) is 17.5 Å². The van der Waals surface area contributed by atoms with Gasteiger partial charge < -0.3 is 0 Å². The van der Waals surface area contributed by atoms with Crippen LogP contribution in [0.2, 0.25) is 0 Å². The second kappa shape index (κ2) is 12.0. The predicted octanol–water partition coefficient (Wildman–Crippen LogP) is 11.4. The van der Waals surface area contributed by atoms with E-state index in [1.807, 2.05) is 36.4 Å². The predicted molar refractivity (Wildman–Crippen MR) is 216 cm³/mol. The van der Waals surface area contributed by atoms with Crippen molar-refractivity contribution in [1.29, 1.82) is 5.26 Å². The molecule has 0 saturated carbocycles. The van der Waals surface area contributed by atoms with Gasteiger partial charge in [-0.15, -0.1) is 0 Å². The van der Waals surface area contributed by atoms with Crippen molar-refractivity contribution in [2.24, 2.45) is 0 Å². The molecule has 1 heterocycles. The Hall–Kier alpha value is -6.96. The van der Waals surface area contributed by atoms with Gasteiger partial charge in [0.05, 0.1) is 17.0 Å². The minimum absolute atomic E-state index is 0.157. The smallest absolute Gasteiger partial charge is 0.164 e. The summed E-state index contributed by atoms with van der Waals surface area (Å²) in [7, 11) is 0. The molecule has 8 aromatic rings. The van der Waals surface area contributed by atoms with Crippen LogP contribution >= 0.6 is 0 Å². The lowest BCUT2D eigenvalue weighted by Gasteiger charge is -2.46. The van der Waals surface area contributed by atoms with E-state index in [-0.39, 0.29) is 5.41 Å². The standard InChI is InChI=1S/C50H34N4/c1-49(2)42-19-8-10-21-44(42)50(45-22-11-9-20-43(45)49)40-18-7-6-17-38(40)39-30-37(27-28-41(39)50)48-53-46(52-47(54-48)36-16-12-13-32(29-36)31-51)35-25-23-34(24-26-35)33-14-4-3-5-15-33/h3-30H,1-2H3. The molecule has 0 radical (unpaired) electrons. The minimum Gasteiger partial charge on any atom is -0.208 e. The Kier molecular flexibility index (Phi) is 7.08. The molecule has 2 aliphatic carbocycles.